The minimum absolute atomic E-state index is 0.471. The van der Waals surface area contributed by atoms with E-state index in [0.29, 0.717) is 12.6 Å². The number of likely N-dealkylation sites (tertiary alicyclic amines) is 1. The second kappa shape index (κ2) is 10.6. The fourth-order valence-corrected chi connectivity index (χ4v) is 4.75. The van der Waals surface area contributed by atoms with Crippen molar-refractivity contribution in [3.8, 4) is 11.4 Å². The first-order valence-corrected chi connectivity index (χ1v) is 11.6. The Balaban J connectivity index is 1.37. The maximum atomic E-state index is 4.87. The van der Waals surface area contributed by atoms with Crippen LogP contribution in [-0.2, 0) is 6.54 Å². The van der Waals surface area contributed by atoms with Gasteiger partial charge in [-0.2, -0.15) is 5.10 Å². The Labute approximate surface area is 179 Å². The van der Waals surface area contributed by atoms with Gasteiger partial charge in [0.2, 0.25) is 0 Å². The maximum absolute atomic E-state index is 4.87. The van der Waals surface area contributed by atoms with Crippen molar-refractivity contribution in [2.45, 2.75) is 70.5 Å². The average molecular weight is 410 g/mol. The third-order valence-corrected chi connectivity index (χ3v) is 6.26. The molecule has 2 heterocycles. The van der Waals surface area contributed by atoms with E-state index in [4.69, 9.17) is 4.99 Å². The Kier molecular flexibility index (Phi) is 7.34. The van der Waals surface area contributed by atoms with Crippen molar-refractivity contribution in [2.75, 3.05) is 19.6 Å². The molecule has 1 atom stereocenters. The first-order valence-electron chi connectivity index (χ1n) is 11.6. The van der Waals surface area contributed by atoms with Crippen LogP contribution in [0.15, 0.2) is 35.6 Å². The number of piperidine rings is 1. The van der Waals surface area contributed by atoms with Crippen molar-refractivity contribution in [1.29, 1.82) is 0 Å². The molecular weight excluding hydrogens is 374 g/mol. The number of benzene rings is 1. The summed E-state index contributed by atoms with van der Waals surface area (Å²) in [6, 6.07) is 9.59. The van der Waals surface area contributed by atoms with Gasteiger partial charge in [0.15, 0.2) is 11.8 Å². The molecule has 1 unspecified atom stereocenters. The number of rotatable bonds is 6. The SMILES string of the molecule is CCNC(=NCc1cccc(-c2ncn[nH]2)c1)NC1CCCN(C2CCCCC2)C1. The molecule has 1 saturated carbocycles. The van der Waals surface area contributed by atoms with E-state index in [0.717, 1.165) is 42.0 Å². The van der Waals surface area contributed by atoms with Crippen LogP contribution in [0, 0.1) is 0 Å². The topological polar surface area (TPSA) is 81.2 Å². The number of aromatic nitrogens is 3. The number of H-pyrrole nitrogens is 1. The van der Waals surface area contributed by atoms with Gasteiger partial charge >= 0.3 is 0 Å². The number of hydrogen-bond donors (Lipinski definition) is 3. The van der Waals surface area contributed by atoms with Crippen molar-refractivity contribution < 1.29 is 0 Å². The molecule has 1 aromatic heterocycles. The van der Waals surface area contributed by atoms with E-state index < -0.39 is 0 Å². The third kappa shape index (κ3) is 5.59. The highest BCUT2D eigenvalue weighted by Gasteiger charge is 2.27. The van der Waals surface area contributed by atoms with Crippen molar-refractivity contribution in [3.63, 3.8) is 0 Å². The normalized spacial score (nSPS) is 21.5. The number of nitrogens with one attached hydrogen (secondary N) is 3. The molecule has 1 aliphatic carbocycles. The van der Waals surface area contributed by atoms with Crippen molar-refractivity contribution in [3.05, 3.63) is 36.2 Å². The van der Waals surface area contributed by atoms with Crippen LogP contribution in [-0.4, -0.2) is 57.8 Å². The van der Waals surface area contributed by atoms with E-state index in [1.165, 1.54) is 57.8 Å². The van der Waals surface area contributed by atoms with Crippen LogP contribution < -0.4 is 10.6 Å². The number of nitrogens with zero attached hydrogens (tertiary/aromatic N) is 4. The van der Waals surface area contributed by atoms with E-state index in [2.05, 4.69) is 49.8 Å². The zero-order chi connectivity index (χ0) is 20.6. The van der Waals surface area contributed by atoms with Gasteiger partial charge in [-0.25, -0.2) is 9.98 Å². The molecule has 1 saturated heterocycles. The van der Waals surface area contributed by atoms with Crippen LogP contribution >= 0.6 is 0 Å². The molecule has 162 valence electrons. The molecule has 0 bridgehead atoms. The maximum Gasteiger partial charge on any atom is 0.191 e. The molecule has 30 heavy (non-hydrogen) atoms. The summed E-state index contributed by atoms with van der Waals surface area (Å²) in [4.78, 5) is 11.8. The van der Waals surface area contributed by atoms with Crippen LogP contribution in [0.1, 0.15) is 57.4 Å². The van der Waals surface area contributed by atoms with Gasteiger partial charge in [0.1, 0.15) is 6.33 Å². The Morgan fingerprint density at radius 1 is 1.20 bits per heavy atom. The molecule has 0 radical (unpaired) electrons. The van der Waals surface area contributed by atoms with Crippen molar-refractivity contribution >= 4 is 5.96 Å². The second-order valence-corrected chi connectivity index (χ2v) is 8.50. The van der Waals surface area contributed by atoms with Crippen LogP contribution in [0.4, 0.5) is 0 Å². The van der Waals surface area contributed by atoms with Crippen LogP contribution in [0.5, 0.6) is 0 Å². The fourth-order valence-electron chi connectivity index (χ4n) is 4.75. The largest absolute Gasteiger partial charge is 0.357 e. The number of aromatic amines is 1. The Morgan fingerprint density at radius 3 is 2.90 bits per heavy atom. The highest BCUT2D eigenvalue weighted by molar-refractivity contribution is 5.80. The minimum atomic E-state index is 0.471. The lowest BCUT2D eigenvalue weighted by Crippen LogP contribution is -2.53. The molecule has 7 heteroatoms. The molecule has 0 spiro atoms. The number of hydrogen-bond acceptors (Lipinski definition) is 4. The summed E-state index contributed by atoms with van der Waals surface area (Å²) >= 11 is 0. The van der Waals surface area contributed by atoms with Gasteiger partial charge < -0.3 is 10.6 Å². The molecular formula is C23H35N7. The molecule has 2 aliphatic rings. The Bertz CT molecular complexity index is 796. The summed E-state index contributed by atoms with van der Waals surface area (Å²) in [6.45, 7) is 6.01. The summed E-state index contributed by atoms with van der Waals surface area (Å²) in [5.41, 5.74) is 2.20. The fraction of sp³-hybridized carbons (Fsp3) is 0.609. The van der Waals surface area contributed by atoms with Crippen molar-refractivity contribution in [1.82, 2.24) is 30.7 Å². The van der Waals surface area contributed by atoms with Gasteiger partial charge in [-0.3, -0.25) is 10.00 Å². The highest BCUT2D eigenvalue weighted by Crippen LogP contribution is 2.25. The third-order valence-electron chi connectivity index (χ3n) is 6.26. The first-order chi connectivity index (χ1) is 14.8. The van der Waals surface area contributed by atoms with Gasteiger partial charge in [-0.05, 0) is 50.8 Å². The summed E-state index contributed by atoms with van der Waals surface area (Å²) in [5.74, 6) is 1.70. The smallest absolute Gasteiger partial charge is 0.191 e. The monoisotopic (exact) mass is 409 g/mol. The van der Waals surface area contributed by atoms with Crippen LogP contribution in [0.25, 0.3) is 11.4 Å². The molecule has 2 fully saturated rings. The lowest BCUT2D eigenvalue weighted by atomic mass is 9.92. The van der Waals surface area contributed by atoms with Gasteiger partial charge in [0.25, 0.3) is 0 Å². The van der Waals surface area contributed by atoms with Crippen LogP contribution in [0.2, 0.25) is 0 Å². The second-order valence-electron chi connectivity index (χ2n) is 8.50. The molecule has 3 N–H and O–H groups in total. The molecule has 0 amide bonds. The predicted molar refractivity (Wildman–Crippen MR) is 121 cm³/mol. The minimum Gasteiger partial charge on any atom is -0.357 e. The van der Waals surface area contributed by atoms with Gasteiger partial charge in [-0.1, -0.05) is 37.5 Å². The Hall–Kier alpha value is -2.41. The molecule has 1 aromatic carbocycles. The average Bonchev–Trinajstić information content (AvgIpc) is 3.34. The van der Waals surface area contributed by atoms with E-state index in [9.17, 15) is 0 Å². The predicted octanol–water partition coefficient (Wildman–Crippen LogP) is 3.32. The standard InChI is InChI=1S/C23H35N7/c1-2-24-23(25-15-18-8-6-9-19(14-18)22-26-17-27-29-22)28-20-10-7-13-30(16-20)21-11-4-3-5-12-21/h6,8-9,14,17,20-21H,2-5,7,10-13,15-16H2,1H3,(H2,24,25,28)(H,26,27,29). The molecule has 2 aromatic rings. The van der Waals surface area contributed by atoms with Crippen molar-refractivity contribution in [2.24, 2.45) is 4.99 Å². The summed E-state index contributed by atoms with van der Waals surface area (Å²) in [7, 11) is 0. The lowest BCUT2D eigenvalue weighted by Gasteiger charge is -2.40. The molecule has 1 aliphatic heterocycles. The highest BCUT2D eigenvalue weighted by atomic mass is 15.2. The van der Waals surface area contributed by atoms with Crippen LogP contribution in [0.3, 0.4) is 0 Å². The molecule has 4 rings (SSSR count). The van der Waals surface area contributed by atoms with E-state index in [-0.39, 0.29) is 0 Å². The van der Waals surface area contributed by atoms with E-state index >= 15 is 0 Å². The molecule has 7 nitrogen and oxygen atoms in total. The van der Waals surface area contributed by atoms with E-state index in [1.54, 1.807) is 0 Å². The summed E-state index contributed by atoms with van der Waals surface area (Å²) < 4.78 is 0. The Morgan fingerprint density at radius 2 is 2.10 bits per heavy atom. The van der Waals surface area contributed by atoms with E-state index in [1.807, 2.05) is 12.1 Å². The quantitative estimate of drug-likeness (QED) is 0.504. The first kappa shape index (κ1) is 20.8. The zero-order valence-electron chi connectivity index (χ0n) is 18.1. The van der Waals surface area contributed by atoms with Gasteiger partial charge in [-0.15, -0.1) is 0 Å². The van der Waals surface area contributed by atoms with Gasteiger partial charge in [0.05, 0.1) is 6.54 Å². The number of aliphatic imine (C=N–C) groups is 1. The zero-order valence-corrected chi connectivity index (χ0v) is 18.1. The van der Waals surface area contributed by atoms with Gasteiger partial charge in [0, 0.05) is 30.7 Å². The lowest BCUT2D eigenvalue weighted by molar-refractivity contribution is 0.115. The summed E-state index contributed by atoms with van der Waals surface area (Å²) in [5, 5.41) is 14.0. The summed E-state index contributed by atoms with van der Waals surface area (Å²) in [6.07, 6.45) is 11.0. The number of guanidine groups is 1.